The molecule has 42 heavy (non-hydrogen) atoms. The van der Waals surface area contributed by atoms with Crippen molar-refractivity contribution in [1.82, 2.24) is 35.7 Å². The van der Waals surface area contributed by atoms with Crippen LogP contribution in [0.4, 0.5) is 4.79 Å². The average Bonchev–Trinajstić information content (AvgIpc) is 3.68. The molecular weight excluding hydrogens is 607 g/mol. The number of hydrogen-bond acceptors (Lipinski definition) is 12. The van der Waals surface area contributed by atoms with Gasteiger partial charge in [-0.3, -0.25) is 14.5 Å². The molecule has 220 valence electrons. The summed E-state index contributed by atoms with van der Waals surface area (Å²) in [5, 5.41) is 29.8. The maximum atomic E-state index is 13.4. The van der Waals surface area contributed by atoms with Crippen molar-refractivity contribution < 1.29 is 33.8 Å². The van der Waals surface area contributed by atoms with Gasteiger partial charge in [0.2, 0.25) is 11.1 Å². The van der Waals surface area contributed by atoms with Crippen molar-refractivity contribution in [3.05, 3.63) is 63.5 Å². The van der Waals surface area contributed by atoms with Crippen LogP contribution in [-0.2, 0) is 32.8 Å². The number of tetrazole rings is 1. The van der Waals surface area contributed by atoms with Gasteiger partial charge in [0.05, 0.1) is 7.11 Å². The largest absolute Gasteiger partial charge is 0.497 e. The van der Waals surface area contributed by atoms with Gasteiger partial charge in [-0.15, -0.1) is 16.9 Å². The van der Waals surface area contributed by atoms with Crippen molar-refractivity contribution in [1.29, 1.82) is 0 Å². The molecule has 5 rings (SSSR count). The molecule has 0 aliphatic carbocycles. The van der Waals surface area contributed by atoms with Crippen LogP contribution in [0.5, 0.6) is 5.75 Å². The number of nitrogens with one attached hydrogen (secondary N) is 2. The molecule has 2 aliphatic heterocycles. The number of thiophene rings is 1. The number of aryl methyl sites for hydroxylation is 1. The first-order chi connectivity index (χ1) is 20.3. The van der Waals surface area contributed by atoms with E-state index in [0.717, 1.165) is 5.56 Å². The number of fused-ring (bicyclic) bond motifs is 1. The highest BCUT2D eigenvalue weighted by molar-refractivity contribution is 8.01. The second kappa shape index (κ2) is 12.8. The topological polar surface area (TPSA) is 178 Å². The number of carboxylic acids is 1. The number of nitrogens with zero attached hydrogens (tertiary/aromatic N) is 5. The predicted octanol–water partition coefficient (Wildman–Crippen LogP) is 1.78. The van der Waals surface area contributed by atoms with E-state index in [-0.39, 0.29) is 18.1 Å². The molecule has 1 aromatic carbocycles. The molecule has 2 unspecified atom stereocenters. The third-order valence-electron chi connectivity index (χ3n) is 6.43. The first-order valence-corrected chi connectivity index (χ1v) is 15.4. The Bertz CT molecular complexity index is 1510. The van der Waals surface area contributed by atoms with Crippen LogP contribution in [0, 0.1) is 0 Å². The lowest BCUT2D eigenvalue weighted by atomic mass is 10.0. The quantitative estimate of drug-likeness (QED) is 0.207. The minimum Gasteiger partial charge on any atom is -0.497 e. The van der Waals surface area contributed by atoms with Crippen LogP contribution >= 0.6 is 34.9 Å². The van der Waals surface area contributed by atoms with Gasteiger partial charge in [0.25, 0.3) is 5.91 Å². The molecule has 3 atom stereocenters. The summed E-state index contributed by atoms with van der Waals surface area (Å²) in [7, 11) is 3.22. The summed E-state index contributed by atoms with van der Waals surface area (Å²) in [6, 6.07) is 6.57. The number of benzene rings is 1. The summed E-state index contributed by atoms with van der Waals surface area (Å²) in [4.78, 5) is 52.5. The number of thioether (sulfide) groups is 2. The maximum absolute atomic E-state index is 13.4. The summed E-state index contributed by atoms with van der Waals surface area (Å²) < 4.78 is 11.9. The monoisotopic (exact) mass is 631 g/mol. The van der Waals surface area contributed by atoms with Gasteiger partial charge in [-0.1, -0.05) is 23.9 Å². The van der Waals surface area contributed by atoms with Crippen molar-refractivity contribution >= 4 is 58.7 Å². The molecule has 14 nitrogen and oxygen atoms in total. The SMILES string of the molecule is COc1ccc(COC(=O)NC(C(=O)N[C@H]2C(=O)N3C(C(=O)O)=C(CSc4nnnn4C)CSC23)c2ccsc2)cc1. The number of carbonyl (C=O) groups is 4. The van der Waals surface area contributed by atoms with E-state index in [9.17, 15) is 24.3 Å². The van der Waals surface area contributed by atoms with E-state index in [1.54, 1.807) is 55.2 Å². The molecule has 0 radical (unpaired) electrons. The van der Waals surface area contributed by atoms with E-state index in [4.69, 9.17) is 9.47 Å². The lowest BCUT2D eigenvalue weighted by Gasteiger charge is -2.49. The standard InChI is InChI=1S/C25H25N7O7S3/c1-31-24(28-29-30-31)42-12-15-11-41-22-18(21(34)32(22)19(15)23(35)36)26-20(33)17(14-7-8-40-10-14)27-25(37)39-9-13-3-5-16(38-2)6-4-13/h3-8,10,17-18,22H,9,11-12H2,1-2H3,(H,26,33)(H,27,37)(H,35,36)/t17?,18-,22?/m0/s1. The minimum atomic E-state index is -1.23. The predicted molar refractivity (Wildman–Crippen MR) is 153 cm³/mol. The molecule has 3 N–H and O–H groups in total. The van der Waals surface area contributed by atoms with Crippen molar-refractivity contribution in [2.24, 2.45) is 7.05 Å². The third-order valence-corrected chi connectivity index (χ3v) is 9.57. The highest BCUT2D eigenvalue weighted by Crippen LogP contribution is 2.41. The number of carboxylic acid groups (broad SMARTS) is 1. The summed E-state index contributed by atoms with van der Waals surface area (Å²) in [6.07, 6.45) is -0.817. The van der Waals surface area contributed by atoms with E-state index >= 15 is 0 Å². The molecule has 0 saturated carbocycles. The molecule has 2 aliphatic rings. The second-order valence-electron chi connectivity index (χ2n) is 9.09. The van der Waals surface area contributed by atoms with Crippen molar-refractivity contribution in [3.63, 3.8) is 0 Å². The molecular formula is C25H25N7O7S3. The fourth-order valence-corrected chi connectivity index (χ4v) is 7.32. The Balaban J connectivity index is 1.23. The van der Waals surface area contributed by atoms with Crippen molar-refractivity contribution in [2.75, 3.05) is 18.6 Å². The Morgan fingerprint density at radius 1 is 1.24 bits per heavy atom. The Morgan fingerprint density at radius 3 is 2.67 bits per heavy atom. The molecule has 3 aromatic rings. The molecule has 2 aromatic heterocycles. The molecule has 0 bridgehead atoms. The fraction of sp³-hybridized carbons (Fsp3) is 0.320. The van der Waals surface area contributed by atoms with Crippen molar-refractivity contribution in [2.45, 2.75) is 29.2 Å². The van der Waals surface area contributed by atoms with Crippen molar-refractivity contribution in [3.8, 4) is 5.75 Å². The lowest BCUT2D eigenvalue weighted by Crippen LogP contribution is -2.71. The zero-order valence-electron chi connectivity index (χ0n) is 22.3. The van der Waals surface area contributed by atoms with Crippen LogP contribution in [0.1, 0.15) is 17.2 Å². The number of hydrogen-bond donors (Lipinski definition) is 3. The fourth-order valence-electron chi connectivity index (χ4n) is 4.30. The molecule has 1 saturated heterocycles. The summed E-state index contributed by atoms with van der Waals surface area (Å²) >= 11 is 3.95. The van der Waals surface area contributed by atoms with E-state index in [1.165, 1.54) is 44.4 Å². The molecule has 17 heteroatoms. The van der Waals surface area contributed by atoms with Gasteiger partial charge in [0.1, 0.15) is 35.5 Å². The number of carbonyl (C=O) groups excluding carboxylic acids is 3. The smallest absolute Gasteiger partial charge is 0.408 e. The lowest BCUT2D eigenvalue weighted by molar-refractivity contribution is -0.151. The number of amides is 3. The highest BCUT2D eigenvalue weighted by atomic mass is 32.2. The zero-order valence-corrected chi connectivity index (χ0v) is 24.7. The van der Waals surface area contributed by atoms with Gasteiger partial charge >= 0.3 is 12.1 Å². The van der Waals surface area contributed by atoms with Gasteiger partial charge < -0.3 is 25.2 Å². The zero-order chi connectivity index (χ0) is 29.8. The van der Waals surface area contributed by atoms with Gasteiger partial charge in [-0.2, -0.15) is 11.3 Å². The Hall–Kier alpha value is -4.09. The van der Waals surface area contributed by atoms with Gasteiger partial charge in [-0.05, 0) is 56.1 Å². The number of alkyl carbamates (subject to hydrolysis) is 1. The number of ether oxygens (including phenoxy) is 2. The molecule has 3 amide bonds. The van der Waals surface area contributed by atoms with Crippen LogP contribution in [0.3, 0.4) is 0 Å². The minimum absolute atomic E-state index is 0.0271. The number of β-lactam (4-membered cyclic amide) rings is 1. The van der Waals surface area contributed by atoms with Gasteiger partial charge in [-0.25, -0.2) is 14.3 Å². The maximum Gasteiger partial charge on any atom is 0.408 e. The van der Waals surface area contributed by atoms with Crippen LogP contribution < -0.4 is 15.4 Å². The van der Waals surface area contributed by atoms with Gasteiger partial charge in [0, 0.05) is 18.6 Å². The van der Waals surface area contributed by atoms with Crippen LogP contribution in [0.2, 0.25) is 0 Å². The van der Waals surface area contributed by atoms with E-state index in [0.29, 0.717) is 27.8 Å². The van der Waals surface area contributed by atoms with Crippen LogP contribution in [-0.4, -0.2) is 84.1 Å². The number of rotatable bonds is 11. The van der Waals surface area contributed by atoms with E-state index in [1.807, 2.05) is 0 Å². The first kappa shape index (κ1) is 29.4. The highest BCUT2D eigenvalue weighted by Gasteiger charge is 2.54. The van der Waals surface area contributed by atoms with E-state index < -0.39 is 41.3 Å². The molecule has 4 heterocycles. The average molecular weight is 632 g/mol. The van der Waals surface area contributed by atoms with Crippen LogP contribution in [0.25, 0.3) is 0 Å². The van der Waals surface area contributed by atoms with Gasteiger partial charge in [0.15, 0.2) is 0 Å². The van der Waals surface area contributed by atoms with E-state index in [2.05, 4.69) is 26.2 Å². The second-order valence-corrected chi connectivity index (χ2v) is 11.9. The summed E-state index contributed by atoms with van der Waals surface area (Å²) in [5.74, 6) is -1.12. The number of aliphatic carboxylic acids is 1. The van der Waals surface area contributed by atoms with Crippen LogP contribution in [0.15, 0.2) is 57.5 Å². The molecule has 0 spiro atoms. The normalized spacial score (nSPS) is 18.5. The first-order valence-electron chi connectivity index (χ1n) is 12.4. The number of methoxy groups -OCH3 is 1. The Morgan fingerprint density at radius 2 is 2.02 bits per heavy atom. The number of aromatic nitrogens is 4. The summed E-state index contributed by atoms with van der Waals surface area (Å²) in [5.41, 5.74) is 1.69. The summed E-state index contributed by atoms with van der Waals surface area (Å²) in [6.45, 7) is -0.0271. The Labute approximate surface area is 251 Å². The molecule has 1 fully saturated rings. The Kier molecular flexibility index (Phi) is 8.98. The third kappa shape index (κ3) is 6.22.